The Morgan fingerprint density at radius 2 is 1.81 bits per heavy atom. The fourth-order valence-corrected chi connectivity index (χ4v) is 4.12. The number of benzene rings is 1. The van der Waals surface area contributed by atoms with Crippen LogP contribution in [0.5, 0.6) is 0 Å². The minimum atomic E-state index is -0.824. The summed E-state index contributed by atoms with van der Waals surface area (Å²) in [7, 11) is 1.78. The molecule has 0 spiro atoms. The molecular weight excluding hydrogens is 472 g/mol. The van der Waals surface area contributed by atoms with Crippen LogP contribution < -0.4 is 5.32 Å². The molecule has 0 saturated carbocycles. The molecule has 0 unspecified atom stereocenters. The van der Waals surface area contributed by atoms with Crippen molar-refractivity contribution in [2.24, 2.45) is 0 Å². The number of carbonyl (C=O) groups excluding carboxylic acids is 1. The Balaban J connectivity index is 2.52. The molecule has 1 aromatic carbocycles. The number of hydrogen-bond donors (Lipinski definition) is 2. The van der Waals surface area contributed by atoms with Crippen molar-refractivity contribution in [3.63, 3.8) is 0 Å². The summed E-state index contributed by atoms with van der Waals surface area (Å²) in [6.07, 6.45) is 0.626. The molecule has 0 saturated heterocycles. The van der Waals surface area contributed by atoms with Gasteiger partial charge in [0, 0.05) is 19.8 Å². The van der Waals surface area contributed by atoms with Crippen molar-refractivity contribution in [3.8, 4) is 0 Å². The third kappa shape index (κ3) is 6.90. The van der Waals surface area contributed by atoms with E-state index in [2.05, 4.69) is 53.1 Å². The maximum absolute atomic E-state index is 12.0. The number of halogens is 3. The Bertz CT molecular complexity index is 514. The predicted octanol–water partition coefficient (Wildman–Crippen LogP) is 3.71. The van der Waals surface area contributed by atoms with Crippen LogP contribution in [0.25, 0.3) is 0 Å². The third-order valence-corrected chi connectivity index (χ3v) is 4.32. The van der Waals surface area contributed by atoms with Crippen molar-refractivity contribution >= 4 is 65.4 Å². The summed E-state index contributed by atoms with van der Waals surface area (Å²) in [6.45, 7) is 0.761. The van der Waals surface area contributed by atoms with Gasteiger partial charge in [-0.15, -0.1) is 0 Å². The second-order valence-corrected chi connectivity index (χ2v) is 7.15. The van der Waals surface area contributed by atoms with E-state index in [9.17, 15) is 9.59 Å². The zero-order valence-electron chi connectivity index (χ0n) is 11.3. The molecule has 21 heavy (non-hydrogen) atoms. The summed E-state index contributed by atoms with van der Waals surface area (Å²) >= 11 is 10.2. The first-order chi connectivity index (χ1) is 9.79. The van der Waals surface area contributed by atoms with Gasteiger partial charge in [0.2, 0.25) is 5.91 Å². The number of carboxylic acids is 1. The number of hydrogen-bond acceptors (Lipinski definition) is 3. The van der Waals surface area contributed by atoms with Crippen LogP contribution in [-0.2, 0) is 9.59 Å². The average molecular weight is 487 g/mol. The van der Waals surface area contributed by atoms with Gasteiger partial charge in [-0.3, -0.25) is 14.5 Å². The fourth-order valence-electron chi connectivity index (χ4n) is 1.66. The van der Waals surface area contributed by atoms with E-state index in [4.69, 9.17) is 5.11 Å². The molecular formula is C13H15Br3N2O3. The molecule has 1 aromatic rings. The highest BCUT2D eigenvalue weighted by Crippen LogP contribution is 2.34. The van der Waals surface area contributed by atoms with Crippen LogP contribution in [0.2, 0.25) is 0 Å². The monoisotopic (exact) mass is 484 g/mol. The summed E-state index contributed by atoms with van der Waals surface area (Å²) in [6, 6.07) is 3.69. The highest BCUT2D eigenvalue weighted by Gasteiger charge is 2.12. The van der Waals surface area contributed by atoms with Gasteiger partial charge in [0.1, 0.15) is 0 Å². The molecule has 0 heterocycles. The lowest BCUT2D eigenvalue weighted by Crippen LogP contribution is -2.31. The van der Waals surface area contributed by atoms with Crippen LogP contribution in [0.3, 0.4) is 0 Å². The van der Waals surface area contributed by atoms with E-state index in [1.54, 1.807) is 11.9 Å². The van der Waals surface area contributed by atoms with E-state index in [0.29, 0.717) is 18.7 Å². The minimum Gasteiger partial charge on any atom is -0.481 e. The van der Waals surface area contributed by atoms with E-state index in [1.165, 1.54) is 0 Å². The zero-order valence-corrected chi connectivity index (χ0v) is 16.1. The number of aliphatic carboxylic acids is 1. The number of carboxylic acid groups (broad SMARTS) is 1. The van der Waals surface area contributed by atoms with Gasteiger partial charge in [-0.1, -0.05) is 15.9 Å². The van der Waals surface area contributed by atoms with E-state index in [1.807, 2.05) is 12.1 Å². The van der Waals surface area contributed by atoms with E-state index in [0.717, 1.165) is 13.4 Å². The van der Waals surface area contributed by atoms with Crippen LogP contribution >= 0.6 is 47.8 Å². The summed E-state index contributed by atoms with van der Waals surface area (Å²) < 4.78 is 2.43. The van der Waals surface area contributed by atoms with Crippen molar-refractivity contribution in [2.45, 2.75) is 12.8 Å². The Morgan fingerprint density at radius 1 is 1.24 bits per heavy atom. The SMILES string of the molecule is CN(CCCC(=O)O)CC(=O)Nc1c(Br)cc(Br)cc1Br. The van der Waals surface area contributed by atoms with Crippen molar-refractivity contribution in [1.82, 2.24) is 4.90 Å². The van der Waals surface area contributed by atoms with Crippen molar-refractivity contribution in [2.75, 3.05) is 25.5 Å². The number of carbonyl (C=O) groups is 2. The number of amides is 1. The third-order valence-electron chi connectivity index (χ3n) is 2.62. The topological polar surface area (TPSA) is 69.6 Å². The summed E-state index contributed by atoms with van der Waals surface area (Å²) in [5, 5.41) is 11.4. The van der Waals surface area contributed by atoms with Gasteiger partial charge >= 0.3 is 5.97 Å². The molecule has 0 fully saturated rings. The lowest BCUT2D eigenvalue weighted by Gasteiger charge is -2.16. The number of rotatable bonds is 7. The number of likely N-dealkylation sites (N-methyl/N-ethyl adjacent to an activating group) is 1. The van der Waals surface area contributed by atoms with E-state index < -0.39 is 5.97 Å². The maximum atomic E-state index is 12.0. The van der Waals surface area contributed by atoms with Gasteiger partial charge in [0.05, 0.1) is 12.2 Å². The molecule has 0 bridgehead atoms. The first-order valence-corrected chi connectivity index (χ1v) is 8.52. The smallest absolute Gasteiger partial charge is 0.303 e. The number of nitrogens with zero attached hydrogens (tertiary/aromatic N) is 1. The van der Waals surface area contributed by atoms with E-state index >= 15 is 0 Å². The molecule has 0 radical (unpaired) electrons. The molecule has 0 aliphatic rings. The predicted molar refractivity (Wildman–Crippen MR) is 92.5 cm³/mol. The second-order valence-electron chi connectivity index (χ2n) is 4.53. The lowest BCUT2D eigenvalue weighted by atomic mass is 10.3. The van der Waals surface area contributed by atoms with Crippen LogP contribution in [0, 0.1) is 0 Å². The van der Waals surface area contributed by atoms with E-state index in [-0.39, 0.29) is 18.9 Å². The molecule has 1 amide bonds. The molecule has 2 N–H and O–H groups in total. The average Bonchev–Trinajstić information content (AvgIpc) is 2.33. The Morgan fingerprint density at radius 3 is 2.33 bits per heavy atom. The standard InChI is InChI=1S/C13H15Br3N2O3/c1-18(4-2-3-12(20)21)7-11(19)17-13-9(15)5-8(14)6-10(13)16/h5-6H,2-4,7H2,1H3,(H,17,19)(H,20,21). The highest BCUT2D eigenvalue weighted by molar-refractivity contribution is 9.11. The first kappa shape index (κ1) is 18.6. The summed E-state index contributed by atoms with van der Waals surface area (Å²) in [5.41, 5.74) is 0.669. The Kier molecular flexibility index (Phi) is 7.86. The second kappa shape index (κ2) is 8.87. The van der Waals surface area contributed by atoms with Crippen LogP contribution in [0.1, 0.15) is 12.8 Å². The highest BCUT2D eigenvalue weighted by atomic mass is 79.9. The Labute approximate surface area is 148 Å². The summed E-state index contributed by atoms with van der Waals surface area (Å²) in [5.74, 6) is -0.980. The molecule has 5 nitrogen and oxygen atoms in total. The first-order valence-electron chi connectivity index (χ1n) is 6.14. The number of anilines is 1. The molecule has 8 heteroatoms. The van der Waals surface area contributed by atoms with Crippen molar-refractivity contribution in [1.29, 1.82) is 0 Å². The van der Waals surface area contributed by atoms with Gasteiger partial charge in [-0.05, 0) is 64.0 Å². The van der Waals surface area contributed by atoms with Gasteiger partial charge in [-0.25, -0.2) is 0 Å². The van der Waals surface area contributed by atoms with Gasteiger partial charge < -0.3 is 10.4 Å². The quantitative estimate of drug-likeness (QED) is 0.616. The Hall–Kier alpha value is -0.440. The van der Waals surface area contributed by atoms with Crippen LogP contribution in [0.4, 0.5) is 5.69 Å². The molecule has 0 aliphatic heterocycles. The molecule has 116 valence electrons. The largest absolute Gasteiger partial charge is 0.481 e. The van der Waals surface area contributed by atoms with Crippen LogP contribution in [-0.4, -0.2) is 42.0 Å². The summed E-state index contributed by atoms with van der Waals surface area (Å²) in [4.78, 5) is 24.2. The normalized spacial score (nSPS) is 10.7. The van der Waals surface area contributed by atoms with Gasteiger partial charge in [0.15, 0.2) is 0 Å². The maximum Gasteiger partial charge on any atom is 0.303 e. The molecule has 0 aliphatic carbocycles. The molecule has 1 rings (SSSR count). The van der Waals surface area contributed by atoms with Crippen molar-refractivity contribution in [3.05, 3.63) is 25.6 Å². The fraction of sp³-hybridized carbons (Fsp3) is 0.385. The van der Waals surface area contributed by atoms with Gasteiger partial charge in [-0.2, -0.15) is 0 Å². The molecule has 0 atom stereocenters. The lowest BCUT2D eigenvalue weighted by molar-refractivity contribution is -0.137. The molecule has 0 aromatic heterocycles. The van der Waals surface area contributed by atoms with Crippen molar-refractivity contribution < 1.29 is 14.7 Å². The number of nitrogens with one attached hydrogen (secondary N) is 1. The van der Waals surface area contributed by atoms with Gasteiger partial charge in [0.25, 0.3) is 0 Å². The zero-order chi connectivity index (χ0) is 16.0. The minimum absolute atomic E-state index is 0.107. The van der Waals surface area contributed by atoms with Crippen LogP contribution in [0.15, 0.2) is 25.6 Å².